The van der Waals surface area contributed by atoms with Gasteiger partial charge in [0, 0.05) is 11.1 Å². The van der Waals surface area contributed by atoms with E-state index in [9.17, 15) is 8.78 Å². The van der Waals surface area contributed by atoms with Gasteiger partial charge >= 0.3 is 0 Å². The van der Waals surface area contributed by atoms with E-state index in [2.05, 4.69) is 20.8 Å². The summed E-state index contributed by atoms with van der Waals surface area (Å²) in [6.07, 6.45) is 3.55. The van der Waals surface area contributed by atoms with Gasteiger partial charge in [-0.15, -0.1) is 0 Å². The maximum absolute atomic E-state index is 15.0. The van der Waals surface area contributed by atoms with Crippen LogP contribution < -0.4 is 4.74 Å². The van der Waals surface area contributed by atoms with E-state index in [0.29, 0.717) is 17.7 Å². The van der Waals surface area contributed by atoms with Gasteiger partial charge in [0.25, 0.3) is 0 Å². The predicted octanol–water partition coefficient (Wildman–Crippen LogP) is 7.60. The van der Waals surface area contributed by atoms with Crippen molar-refractivity contribution < 1.29 is 13.5 Å². The maximum atomic E-state index is 15.0. The molecule has 2 rings (SSSR count). The first kappa shape index (κ1) is 23.1. The summed E-state index contributed by atoms with van der Waals surface area (Å²) in [5.41, 5.74) is 2.45. The standard InChI is InChI=1S/C22H28F2O.C2H6/c1-6-10-22(3,4)14-16-11-15(7-2)12-20(24)21(16)18-13-17(25-5)8-9-19(18)23;1-2/h8-9,11-13H,6-7,10,14H2,1-5H3;1-2H3. The average molecular weight is 377 g/mol. The molecule has 0 N–H and O–H groups in total. The van der Waals surface area contributed by atoms with Crippen LogP contribution in [0.15, 0.2) is 30.3 Å². The van der Waals surface area contributed by atoms with E-state index in [1.807, 2.05) is 26.8 Å². The fourth-order valence-corrected chi connectivity index (χ4v) is 3.47. The van der Waals surface area contributed by atoms with Crippen LogP contribution in [0.2, 0.25) is 0 Å². The fraction of sp³-hybridized carbons (Fsp3) is 0.500. The van der Waals surface area contributed by atoms with E-state index in [1.165, 1.54) is 19.2 Å². The van der Waals surface area contributed by atoms with E-state index in [1.54, 1.807) is 12.1 Å². The third-order valence-electron chi connectivity index (χ3n) is 4.68. The Hall–Kier alpha value is -1.90. The molecule has 0 heterocycles. The van der Waals surface area contributed by atoms with Gasteiger partial charge in [-0.2, -0.15) is 0 Å². The van der Waals surface area contributed by atoms with Crippen LogP contribution in [0.1, 0.15) is 65.5 Å². The molecule has 0 atom stereocenters. The van der Waals surface area contributed by atoms with Crippen LogP contribution >= 0.6 is 0 Å². The molecule has 27 heavy (non-hydrogen) atoms. The summed E-state index contributed by atoms with van der Waals surface area (Å²) in [5.74, 6) is -0.276. The lowest BCUT2D eigenvalue weighted by Crippen LogP contribution is -2.16. The van der Waals surface area contributed by atoms with E-state index in [4.69, 9.17) is 4.74 Å². The van der Waals surface area contributed by atoms with Crippen molar-refractivity contribution in [1.29, 1.82) is 0 Å². The SMILES string of the molecule is CC.CCCC(C)(C)Cc1cc(CC)cc(F)c1-c1cc(OC)ccc1F. The number of benzene rings is 2. The summed E-state index contributed by atoms with van der Waals surface area (Å²) in [6, 6.07) is 8.01. The Balaban J connectivity index is 0.00000176. The molecule has 0 bridgehead atoms. The molecule has 0 saturated heterocycles. The minimum absolute atomic E-state index is 0.0254. The molecule has 0 aliphatic heterocycles. The monoisotopic (exact) mass is 376 g/mol. The van der Waals surface area contributed by atoms with E-state index in [0.717, 1.165) is 30.4 Å². The summed E-state index contributed by atoms with van der Waals surface area (Å²) in [4.78, 5) is 0. The van der Waals surface area contributed by atoms with Gasteiger partial charge in [0.1, 0.15) is 17.4 Å². The first-order chi connectivity index (χ1) is 12.8. The highest BCUT2D eigenvalue weighted by Gasteiger charge is 2.23. The highest BCUT2D eigenvalue weighted by atomic mass is 19.1. The molecule has 150 valence electrons. The second-order valence-electron chi connectivity index (χ2n) is 7.40. The van der Waals surface area contributed by atoms with Crippen LogP contribution in [-0.2, 0) is 12.8 Å². The molecular weight excluding hydrogens is 342 g/mol. The Morgan fingerprint density at radius 2 is 1.63 bits per heavy atom. The van der Waals surface area contributed by atoms with Crippen LogP contribution in [-0.4, -0.2) is 7.11 Å². The van der Waals surface area contributed by atoms with Gasteiger partial charge in [0.05, 0.1) is 7.11 Å². The van der Waals surface area contributed by atoms with Gasteiger partial charge in [-0.1, -0.05) is 54.0 Å². The molecule has 0 amide bonds. The molecule has 1 nitrogen and oxygen atoms in total. The third-order valence-corrected chi connectivity index (χ3v) is 4.68. The van der Waals surface area contributed by atoms with Crippen molar-refractivity contribution in [3.05, 3.63) is 53.1 Å². The zero-order valence-corrected chi connectivity index (χ0v) is 17.9. The lowest BCUT2D eigenvalue weighted by molar-refractivity contribution is 0.329. The molecule has 0 radical (unpaired) electrons. The first-order valence-corrected chi connectivity index (χ1v) is 9.96. The number of rotatable bonds is 7. The van der Waals surface area contributed by atoms with Crippen molar-refractivity contribution >= 4 is 0 Å². The molecule has 0 spiro atoms. The molecule has 0 unspecified atom stereocenters. The van der Waals surface area contributed by atoms with Crippen LogP contribution in [0, 0.1) is 17.0 Å². The average Bonchev–Trinajstić information content (AvgIpc) is 2.63. The molecule has 0 fully saturated rings. The van der Waals surface area contributed by atoms with Crippen LogP contribution in [0.3, 0.4) is 0 Å². The molecule has 0 aliphatic carbocycles. The smallest absolute Gasteiger partial charge is 0.131 e. The summed E-state index contributed by atoms with van der Waals surface area (Å²) >= 11 is 0. The number of halogens is 2. The fourth-order valence-electron chi connectivity index (χ4n) is 3.47. The zero-order valence-electron chi connectivity index (χ0n) is 17.9. The summed E-state index contributed by atoms with van der Waals surface area (Å²) in [7, 11) is 1.53. The molecule has 0 aliphatic rings. The maximum Gasteiger partial charge on any atom is 0.131 e. The lowest BCUT2D eigenvalue weighted by Gasteiger charge is -2.26. The Labute approximate surface area is 163 Å². The van der Waals surface area contributed by atoms with Gasteiger partial charge in [0.15, 0.2) is 0 Å². The van der Waals surface area contributed by atoms with Gasteiger partial charge in [-0.25, -0.2) is 8.78 Å². The minimum Gasteiger partial charge on any atom is -0.497 e. The summed E-state index contributed by atoms with van der Waals surface area (Å²) in [6.45, 7) is 12.5. The number of aryl methyl sites for hydroxylation is 1. The van der Waals surface area contributed by atoms with Crippen LogP contribution in [0.25, 0.3) is 11.1 Å². The quantitative estimate of drug-likeness (QED) is 0.483. The molecule has 3 heteroatoms. The minimum atomic E-state index is -0.432. The largest absolute Gasteiger partial charge is 0.497 e. The topological polar surface area (TPSA) is 9.23 Å². The molecule has 2 aromatic rings. The molecule has 0 saturated carbocycles. The zero-order chi connectivity index (χ0) is 20.6. The van der Waals surface area contributed by atoms with E-state index < -0.39 is 5.82 Å². The number of ether oxygens (including phenoxy) is 1. The van der Waals surface area contributed by atoms with Gasteiger partial charge < -0.3 is 4.74 Å². The molecule has 2 aromatic carbocycles. The lowest BCUT2D eigenvalue weighted by atomic mass is 9.79. The van der Waals surface area contributed by atoms with Crippen molar-refractivity contribution in [2.24, 2.45) is 5.41 Å². The molecule has 0 aromatic heterocycles. The van der Waals surface area contributed by atoms with Crippen molar-refractivity contribution in [2.75, 3.05) is 7.11 Å². The Morgan fingerprint density at radius 3 is 2.19 bits per heavy atom. The first-order valence-electron chi connectivity index (χ1n) is 9.96. The van der Waals surface area contributed by atoms with E-state index in [-0.39, 0.29) is 16.8 Å². The number of methoxy groups -OCH3 is 1. The highest BCUT2D eigenvalue weighted by molar-refractivity contribution is 5.71. The van der Waals surface area contributed by atoms with Crippen molar-refractivity contribution in [3.8, 4) is 16.9 Å². The van der Waals surface area contributed by atoms with Crippen molar-refractivity contribution in [1.82, 2.24) is 0 Å². The molecular formula is C24H34F2O. The summed E-state index contributed by atoms with van der Waals surface area (Å²) in [5, 5.41) is 0. The van der Waals surface area contributed by atoms with Crippen LogP contribution in [0.5, 0.6) is 5.75 Å². The highest BCUT2D eigenvalue weighted by Crippen LogP contribution is 2.37. The normalized spacial score (nSPS) is 11.0. The Kier molecular flexibility index (Phi) is 8.95. The van der Waals surface area contributed by atoms with E-state index >= 15 is 0 Å². The van der Waals surface area contributed by atoms with Gasteiger partial charge in [0.2, 0.25) is 0 Å². The number of hydrogen-bond donors (Lipinski definition) is 0. The number of hydrogen-bond acceptors (Lipinski definition) is 1. The predicted molar refractivity (Wildman–Crippen MR) is 111 cm³/mol. The van der Waals surface area contributed by atoms with Gasteiger partial charge in [-0.3, -0.25) is 0 Å². The van der Waals surface area contributed by atoms with Crippen molar-refractivity contribution in [2.45, 2.75) is 67.2 Å². The Morgan fingerprint density at radius 1 is 0.963 bits per heavy atom. The van der Waals surface area contributed by atoms with Gasteiger partial charge in [-0.05, 0) is 60.1 Å². The second-order valence-corrected chi connectivity index (χ2v) is 7.40. The van der Waals surface area contributed by atoms with Crippen LogP contribution in [0.4, 0.5) is 8.78 Å². The third kappa shape index (κ3) is 6.05. The second kappa shape index (κ2) is 10.4. The Bertz CT molecular complexity index is 735. The van der Waals surface area contributed by atoms with Crippen molar-refractivity contribution in [3.63, 3.8) is 0 Å². The summed E-state index contributed by atoms with van der Waals surface area (Å²) < 4.78 is 34.7.